The first-order valence-corrected chi connectivity index (χ1v) is 7.04. The lowest BCUT2D eigenvalue weighted by Crippen LogP contribution is -2.13. The molecule has 0 saturated carbocycles. The van der Waals surface area contributed by atoms with Gasteiger partial charge in [-0.2, -0.15) is 5.26 Å². The molecule has 1 heterocycles. The number of rotatable bonds is 4. The van der Waals surface area contributed by atoms with Crippen LogP contribution in [0.4, 0.5) is 5.82 Å². The van der Waals surface area contributed by atoms with Gasteiger partial charge in [-0.05, 0) is 0 Å². The Kier molecular flexibility index (Phi) is 4.56. The molecule has 0 amide bonds. The number of nitrogen functional groups attached to an aromatic ring is 1. The van der Waals surface area contributed by atoms with Gasteiger partial charge in [0.05, 0.1) is 5.69 Å². The van der Waals surface area contributed by atoms with Crippen molar-refractivity contribution in [1.82, 2.24) is 9.97 Å². The number of nitrogens with one attached hydrogen (secondary N) is 1. The fraction of sp³-hybridized carbons (Fsp3) is 0.214. The summed E-state index contributed by atoms with van der Waals surface area (Å²) in [5.41, 5.74) is 4.30. The van der Waals surface area contributed by atoms with Crippen molar-refractivity contribution in [2.24, 2.45) is 5.84 Å². The smallest absolute Gasteiger partial charge is 0.190 e. The summed E-state index contributed by atoms with van der Waals surface area (Å²) in [6.45, 7) is 4.12. The van der Waals surface area contributed by atoms with Crippen molar-refractivity contribution < 1.29 is 0 Å². The highest BCUT2D eigenvalue weighted by Gasteiger charge is 2.16. The standard InChI is InChI=1S/C14H15N5S/c1-9(2)20-14-17-12(10-6-4-3-5-7-10)11(8-15)13(18-14)19-16/h3-7,9H,16H2,1-2H3,(H,17,18,19). The van der Waals surface area contributed by atoms with Crippen molar-refractivity contribution in [3.63, 3.8) is 0 Å². The van der Waals surface area contributed by atoms with Crippen LogP contribution in [0.5, 0.6) is 0 Å². The van der Waals surface area contributed by atoms with Crippen LogP contribution in [0.25, 0.3) is 11.3 Å². The topological polar surface area (TPSA) is 87.6 Å². The highest BCUT2D eigenvalue weighted by molar-refractivity contribution is 7.99. The van der Waals surface area contributed by atoms with E-state index < -0.39 is 0 Å². The van der Waals surface area contributed by atoms with Crippen LogP contribution in [0.3, 0.4) is 0 Å². The third kappa shape index (κ3) is 3.07. The van der Waals surface area contributed by atoms with Gasteiger partial charge in [-0.3, -0.25) is 0 Å². The van der Waals surface area contributed by atoms with Crippen LogP contribution >= 0.6 is 11.8 Å². The number of aromatic nitrogens is 2. The Balaban J connectivity index is 2.61. The minimum Gasteiger partial charge on any atom is -0.307 e. The van der Waals surface area contributed by atoms with Crippen molar-refractivity contribution >= 4 is 17.6 Å². The van der Waals surface area contributed by atoms with E-state index in [1.165, 1.54) is 11.8 Å². The Morgan fingerprint density at radius 1 is 1.25 bits per heavy atom. The molecule has 0 fully saturated rings. The molecule has 2 aromatic rings. The zero-order valence-corrected chi connectivity index (χ0v) is 12.1. The van der Waals surface area contributed by atoms with E-state index in [0.717, 1.165) is 5.56 Å². The van der Waals surface area contributed by atoms with Gasteiger partial charge in [0.25, 0.3) is 0 Å². The third-order valence-corrected chi connectivity index (χ3v) is 3.39. The molecular weight excluding hydrogens is 270 g/mol. The Morgan fingerprint density at radius 2 is 1.95 bits per heavy atom. The lowest BCUT2D eigenvalue weighted by molar-refractivity contribution is 0.950. The SMILES string of the molecule is CC(C)Sc1nc(NN)c(C#N)c(-c2ccccc2)n1. The molecule has 0 saturated heterocycles. The van der Waals surface area contributed by atoms with E-state index in [2.05, 4.69) is 35.3 Å². The number of benzene rings is 1. The Bertz CT molecular complexity index is 634. The molecule has 0 bridgehead atoms. The molecule has 0 aliphatic carbocycles. The summed E-state index contributed by atoms with van der Waals surface area (Å²) in [6.07, 6.45) is 0. The van der Waals surface area contributed by atoms with Crippen molar-refractivity contribution in [1.29, 1.82) is 5.26 Å². The lowest BCUT2D eigenvalue weighted by atomic mass is 10.1. The second-order valence-corrected chi connectivity index (χ2v) is 5.91. The van der Waals surface area contributed by atoms with Crippen LogP contribution in [0.2, 0.25) is 0 Å². The quantitative estimate of drug-likeness (QED) is 0.389. The van der Waals surface area contributed by atoms with Crippen molar-refractivity contribution in [2.45, 2.75) is 24.3 Å². The van der Waals surface area contributed by atoms with Gasteiger partial charge in [-0.25, -0.2) is 15.8 Å². The van der Waals surface area contributed by atoms with Crippen LogP contribution < -0.4 is 11.3 Å². The van der Waals surface area contributed by atoms with Gasteiger partial charge in [0, 0.05) is 10.8 Å². The maximum absolute atomic E-state index is 9.33. The summed E-state index contributed by atoms with van der Waals surface area (Å²) in [5, 5.41) is 10.3. The minimum atomic E-state index is 0.345. The average molecular weight is 285 g/mol. The molecule has 102 valence electrons. The van der Waals surface area contributed by atoms with Gasteiger partial charge in [0.1, 0.15) is 11.6 Å². The molecule has 1 aromatic carbocycles. The van der Waals surface area contributed by atoms with Crippen LogP contribution in [0, 0.1) is 11.3 Å². The molecule has 0 spiro atoms. The summed E-state index contributed by atoms with van der Waals surface area (Å²) in [4.78, 5) is 8.78. The number of hydrogen-bond donors (Lipinski definition) is 2. The Hall–Kier alpha value is -2.10. The molecule has 5 nitrogen and oxygen atoms in total. The highest BCUT2D eigenvalue weighted by Crippen LogP contribution is 2.29. The molecule has 20 heavy (non-hydrogen) atoms. The molecule has 0 atom stereocenters. The zero-order chi connectivity index (χ0) is 14.5. The summed E-state index contributed by atoms with van der Waals surface area (Å²) < 4.78 is 0. The Morgan fingerprint density at radius 3 is 2.50 bits per heavy atom. The second kappa shape index (κ2) is 6.37. The Labute approximate surface area is 122 Å². The maximum atomic E-state index is 9.33. The molecule has 3 N–H and O–H groups in total. The van der Waals surface area contributed by atoms with Crippen LogP contribution in [-0.2, 0) is 0 Å². The van der Waals surface area contributed by atoms with Gasteiger partial charge in [0.15, 0.2) is 11.0 Å². The maximum Gasteiger partial charge on any atom is 0.190 e. The van der Waals surface area contributed by atoms with E-state index in [0.29, 0.717) is 27.5 Å². The zero-order valence-electron chi connectivity index (χ0n) is 11.3. The molecular formula is C14H15N5S. The number of thioether (sulfide) groups is 1. The second-order valence-electron chi connectivity index (χ2n) is 4.37. The van der Waals surface area contributed by atoms with Gasteiger partial charge in [-0.15, -0.1) is 0 Å². The van der Waals surface area contributed by atoms with E-state index in [4.69, 9.17) is 5.84 Å². The number of anilines is 1. The normalized spacial score (nSPS) is 10.3. The lowest BCUT2D eigenvalue weighted by Gasteiger charge is -2.11. The van der Waals surface area contributed by atoms with Crippen LogP contribution in [0.15, 0.2) is 35.5 Å². The van der Waals surface area contributed by atoms with E-state index in [1.807, 2.05) is 30.3 Å². The largest absolute Gasteiger partial charge is 0.307 e. The van der Waals surface area contributed by atoms with Crippen molar-refractivity contribution in [2.75, 3.05) is 5.43 Å². The fourth-order valence-electron chi connectivity index (χ4n) is 1.72. The highest BCUT2D eigenvalue weighted by atomic mass is 32.2. The molecule has 6 heteroatoms. The van der Waals surface area contributed by atoms with E-state index >= 15 is 0 Å². The van der Waals surface area contributed by atoms with Crippen LogP contribution in [0.1, 0.15) is 19.4 Å². The average Bonchev–Trinajstić information content (AvgIpc) is 2.46. The summed E-state index contributed by atoms with van der Waals surface area (Å²) in [6, 6.07) is 11.7. The predicted molar refractivity (Wildman–Crippen MR) is 81.0 cm³/mol. The number of nitriles is 1. The minimum absolute atomic E-state index is 0.345. The van der Waals surface area contributed by atoms with Crippen molar-refractivity contribution in [3.05, 3.63) is 35.9 Å². The van der Waals surface area contributed by atoms with E-state index in [1.54, 1.807) is 0 Å². The molecule has 0 aliphatic rings. The van der Waals surface area contributed by atoms with Crippen LogP contribution in [-0.4, -0.2) is 15.2 Å². The summed E-state index contributed by atoms with van der Waals surface area (Å²) in [7, 11) is 0. The first-order valence-electron chi connectivity index (χ1n) is 6.16. The molecule has 2 rings (SSSR count). The molecule has 0 aliphatic heterocycles. The molecule has 0 radical (unpaired) electrons. The van der Waals surface area contributed by atoms with Gasteiger partial charge in [-0.1, -0.05) is 55.9 Å². The first-order chi connectivity index (χ1) is 9.65. The monoisotopic (exact) mass is 285 g/mol. The third-order valence-electron chi connectivity index (χ3n) is 2.53. The van der Waals surface area contributed by atoms with E-state index in [9.17, 15) is 5.26 Å². The molecule has 1 aromatic heterocycles. The van der Waals surface area contributed by atoms with E-state index in [-0.39, 0.29) is 0 Å². The number of hydrogen-bond acceptors (Lipinski definition) is 6. The first kappa shape index (κ1) is 14.3. The number of nitrogens with two attached hydrogens (primary N) is 1. The predicted octanol–water partition coefficient (Wildman–Crippen LogP) is 2.80. The fourth-order valence-corrected chi connectivity index (χ4v) is 2.43. The number of hydrazine groups is 1. The van der Waals surface area contributed by atoms with Gasteiger partial charge in [0.2, 0.25) is 0 Å². The van der Waals surface area contributed by atoms with Crippen molar-refractivity contribution in [3.8, 4) is 17.3 Å². The summed E-state index contributed by atoms with van der Waals surface area (Å²) in [5.74, 6) is 5.82. The van der Waals surface area contributed by atoms with Gasteiger partial charge >= 0.3 is 0 Å². The van der Waals surface area contributed by atoms with Gasteiger partial charge < -0.3 is 5.43 Å². The molecule has 0 unspecified atom stereocenters. The summed E-state index contributed by atoms with van der Waals surface area (Å²) >= 11 is 1.53. The number of nitrogens with zero attached hydrogens (tertiary/aromatic N) is 3.